The van der Waals surface area contributed by atoms with Crippen LogP contribution in [-0.2, 0) is 6.42 Å². The summed E-state index contributed by atoms with van der Waals surface area (Å²) in [5, 5.41) is 13.1. The van der Waals surface area contributed by atoms with Gasteiger partial charge in [-0.05, 0) is 36.3 Å². The molecule has 3 heteroatoms. The molecular formula is C13H19NOS. The second-order valence-electron chi connectivity index (χ2n) is 4.29. The number of hydrogen-bond donors (Lipinski definition) is 2. The van der Waals surface area contributed by atoms with Gasteiger partial charge in [-0.3, -0.25) is 0 Å². The van der Waals surface area contributed by atoms with Crippen LogP contribution in [0, 0.1) is 0 Å². The van der Waals surface area contributed by atoms with Crippen LogP contribution < -0.4 is 5.32 Å². The molecule has 0 spiro atoms. The Morgan fingerprint density at radius 1 is 1.38 bits per heavy atom. The Labute approximate surface area is 101 Å². The molecule has 2 atom stereocenters. The lowest BCUT2D eigenvalue weighted by Crippen LogP contribution is -2.24. The molecule has 0 bridgehead atoms. The lowest BCUT2D eigenvalue weighted by atomic mass is 10.1. The minimum absolute atomic E-state index is 0.225. The van der Waals surface area contributed by atoms with Gasteiger partial charge in [0.25, 0.3) is 0 Å². The van der Waals surface area contributed by atoms with Gasteiger partial charge in [0, 0.05) is 23.6 Å². The van der Waals surface area contributed by atoms with Crippen molar-refractivity contribution in [1.29, 1.82) is 0 Å². The SMILES string of the molecule is CC1SCCC1Nc1ccc(CCO)cc1. The zero-order chi connectivity index (χ0) is 11.4. The minimum Gasteiger partial charge on any atom is -0.396 e. The molecule has 2 rings (SSSR count). The molecule has 1 aliphatic rings. The zero-order valence-electron chi connectivity index (χ0n) is 9.65. The number of rotatable bonds is 4. The number of aliphatic hydroxyl groups excluding tert-OH is 1. The maximum Gasteiger partial charge on any atom is 0.0471 e. The monoisotopic (exact) mass is 237 g/mol. The summed E-state index contributed by atoms with van der Waals surface area (Å²) in [6.45, 7) is 2.51. The molecule has 0 saturated carbocycles. The van der Waals surface area contributed by atoms with Crippen molar-refractivity contribution in [3.05, 3.63) is 29.8 Å². The maximum atomic E-state index is 8.84. The van der Waals surface area contributed by atoms with E-state index >= 15 is 0 Å². The van der Waals surface area contributed by atoms with Crippen molar-refractivity contribution in [1.82, 2.24) is 0 Å². The van der Waals surface area contributed by atoms with E-state index in [1.165, 1.54) is 23.4 Å². The van der Waals surface area contributed by atoms with E-state index in [9.17, 15) is 0 Å². The summed E-state index contributed by atoms with van der Waals surface area (Å²) in [5.41, 5.74) is 2.39. The highest BCUT2D eigenvalue weighted by Gasteiger charge is 2.23. The first-order valence-electron chi connectivity index (χ1n) is 5.87. The largest absolute Gasteiger partial charge is 0.396 e. The molecule has 1 aromatic rings. The quantitative estimate of drug-likeness (QED) is 0.844. The maximum absolute atomic E-state index is 8.84. The summed E-state index contributed by atoms with van der Waals surface area (Å²) in [5.74, 6) is 1.27. The van der Waals surface area contributed by atoms with Crippen molar-refractivity contribution in [2.75, 3.05) is 17.7 Å². The third-order valence-electron chi connectivity index (χ3n) is 3.08. The molecular weight excluding hydrogens is 218 g/mol. The molecule has 1 fully saturated rings. The van der Waals surface area contributed by atoms with Gasteiger partial charge in [-0.1, -0.05) is 19.1 Å². The first kappa shape index (κ1) is 11.8. The second-order valence-corrected chi connectivity index (χ2v) is 5.77. The van der Waals surface area contributed by atoms with Crippen molar-refractivity contribution in [3.8, 4) is 0 Å². The summed E-state index contributed by atoms with van der Waals surface area (Å²) in [6, 6.07) is 9.01. The molecule has 0 amide bonds. The third-order valence-corrected chi connectivity index (χ3v) is 4.41. The van der Waals surface area contributed by atoms with Crippen molar-refractivity contribution in [2.24, 2.45) is 0 Å². The number of nitrogens with one attached hydrogen (secondary N) is 1. The normalized spacial score (nSPS) is 24.6. The average molecular weight is 237 g/mol. The number of thioether (sulfide) groups is 1. The van der Waals surface area contributed by atoms with Crippen LogP contribution in [0.5, 0.6) is 0 Å². The van der Waals surface area contributed by atoms with Gasteiger partial charge in [0.05, 0.1) is 0 Å². The van der Waals surface area contributed by atoms with Gasteiger partial charge in [-0.2, -0.15) is 11.8 Å². The van der Waals surface area contributed by atoms with Crippen LogP contribution >= 0.6 is 11.8 Å². The van der Waals surface area contributed by atoms with Crippen LogP contribution in [-0.4, -0.2) is 28.8 Å². The van der Waals surface area contributed by atoms with Crippen LogP contribution in [0.4, 0.5) is 5.69 Å². The van der Waals surface area contributed by atoms with Crippen LogP contribution in [0.2, 0.25) is 0 Å². The van der Waals surface area contributed by atoms with Gasteiger partial charge < -0.3 is 10.4 Å². The Morgan fingerprint density at radius 3 is 2.69 bits per heavy atom. The van der Waals surface area contributed by atoms with Crippen molar-refractivity contribution >= 4 is 17.4 Å². The van der Waals surface area contributed by atoms with Crippen LogP contribution in [0.3, 0.4) is 0 Å². The fraction of sp³-hybridized carbons (Fsp3) is 0.538. The average Bonchev–Trinajstić information content (AvgIpc) is 2.68. The number of benzene rings is 1. The predicted molar refractivity (Wildman–Crippen MR) is 71.2 cm³/mol. The van der Waals surface area contributed by atoms with Gasteiger partial charge in [0.1, 0.15) is 0 Å². The van der Waals surface area contributed by atoms with E-state index in [0.717, 1.165) is 6.42 Å². The molecule has 1 heterocycles. The van der Waals surface area contributed by atoms with Gasteiger partial charge >= 0.3 is 0 Å². The Bertz CT molecular complexity index is 325. The Kier molecular flexibility index (Phi) is 4.13. The number of aliphatic hydroxyl groups is 1. The van der Waals surface area contributed by atoms with Crippen LogP contribution in [0.1, 0.15) is 18.9 Å². The summed E-state index contributed by atoms with van der Waals surface area (Å²) < 4.78 is 0. The summed E-state index contributed by atoms with van der Waals surface area (Å²) >= 11 is 2.04. The van der Waals surface area contributed by atoms with Crippen molar-refractivity contribution in [2.45, 2.75) is 31.1 Å². The third kappa shape index (κ3) is 2.92. The highest BCUT2D eigenvalue weighted by Crippen LogP contribution is 2.28. The molecule has 16 heavy (non-hydrogen) atoms. The van der Waals surface area contributed by atoms with Gasteiger partial charge in [0.15, 0.2) is 0 Å². The van der Waals surface area contributed by atoms with Gasteiger partial charge in [-0.15, -0.1) is 0 Å². The molecule has 1 aliphatic heterocycles. The van der Waals surface area contributed by atoms with Crippen LogP contribution in [0.25, 0.3) is 0 Å². The number of anilines is 1. The lowest BCUT2D eigenvalue weighted by Gasteiger charge is -2.18. The molecule has 0 aliphatic carbocycles. The highest BCUT2D eigenvalue weighted by molar-refractivity contribution is 8.00. The van der Waals surface area contributed by atoms with E-state index in [0.29, 0.717) is 11.3 Å². The smallest absolute Gasteiger partial charge is 0.0471 e. The zero-order valence-corrected chi connectivity index (χ0v) is 10.5. The summed E-state index contributed by atoms with van der Waals surface area (Å²) in [6.07, 6.45) is 2.00. The highest BCUT2D eigenvalue weighted by atomic mass is 32.2. The molecule has 88 valence electrons. The van der Waals surface area contributed by atoms with Gasteiger partial charge in [-0.25, -0.2) is 0 Å². The molecule has 1 aromatic carbocycles. The van der Waals surface area contributed by atoms with E-state index in [4.69, 9.17) is 5.11 Å². The summed E-state index contributed by atoms with van der Waals surface area (Å²) in [4.78, 5) is 0. The van der Waals surface area contributed by atoms with E-state index < -0.39 is 0 Å². The minimum atomic E-state index is 0.225. The molecule has 2 nitrogen and oxygen atoms in total. The van der Waals surface area contributed by atoms with Crippen LogP contribution in [0.15, 0.2) is 24.3 Å². The summed E-state index contributed by atoms with van der Waals surface area (Å²) in [7, 11) is 0. The fourth-order valence-corrected chi connectivity index (χ4v) is 3.23. The molecule has 2 N–H and O–H groups in total. The Hall–Kier alpha value is -0.670. The Morgan fingerprint density at radius 2 is 2.12 bits per heavy atom. The standard InChI is InChI=1S/C13H19NOS/c1-10-13(7-9-16-10)14-12-4-2-11(3-5-12)6-8-15/h2-5,10,13-15H,6-9H2,1H3. The van der Waals surface area contributed by atoms with E-state index in [1.54, 1.807) is 0 Å². The first-order valence-corrected chi connectivity index (χ1v) is 6.92. The predicted octanol–water partition coefficient (Wildman–Crippen LogP) is 2.53. The molecule has 0 aromatic heterocycles. The first-order chi connectivity index (χ1) is 7.79. The van der Waals surface area contributed by atoms with E-state index in [-0.39, 0.29) is 6.61 Å². The van der Waals surface area contributed by atoms with E-state index in [1.807, 2.05) is 11.8 Å². The van der Waals surface area contributed by atoms with Gasteiger partial charge in [0.2, 0.25) is 0 Å². The lowest BCUT2D eigenvalue weighted by molar-refractivity contribution is 0.299. The fourth-order valence-electron chi connectivity index (χ4n) is 2.03. The number of hydrogen-bond acceptors (Lipinski definition) is 3. The van der Waals surface area contributed by atoms with E-state index in [2.05, 4.69) is 36.5 Å². The van der Waals surface area contributed by atoms with Crippen molar-refractivity contribution < 1.29 is 5.11 Å². The van der Waals surface area contributed by atoms with Crippen molar-refractivity contribution in [3.63, 3.8) is 0 Å². The molecule has 0 radical (unpaired) electrons. The molecule has 1 saturated heterocycles. The second kappa shape index (κ2) is 5.60. The topological polar surface area (TPSA) is 32.3 Å². The molecule has 2 unspecified atom stereocenters. The Balaban J connectivity index is 1.94.